The second-order valence-corrected chi connectivity index (χ2v) is 7.67. The first-order valence-corrected chi connectivity index (χ1v) is 9.89. The Morgan fingerprint density at radius 2 is 1.80 bits per heavy atom. The maximum atomic E-state index is 12.4. The highest BCUT2D eigenvalue weighted by atomic mass is 32.2. The molecule has 0 saturated heterocycles. The highest BCUT2D eigenvalue weighted by Gasteiger charge is 2.16. The number of carbonyl (C=O) groups is 1. The second-order valence-electron chi connectivity index (χ2n) is 5.90. The van der Waals surface area contributed by atoms with E-state index in [1.165, 1.54) is 12.1 Å². The van der Waals surface area contributed by atoms with E-state index in [0.29, 0.717) is 17.8 Å². The number of nitrogens with one attached hydrogen (secondary N) is 2. The van der Waals surface area contributed by atoms with Crippen LogP contribution in [0.3, 0.4) is 0 Å². The molecule has 0 aliphatic carbocycles. The monoisotopic (exact) mass is 360 g/mol. The summed E-state index contributed by atoms with van der Waals surface area (Å²) in [7, 11) is -3.61. The summed E-state index contributed by atoms with van der Waals surface area (Å²) in [6.07, 6.45) is 2.79. The highest BCUT2D eigenvalue weighted by Crippen LogP contribution is 2.16. The lowest BCUT2D eigenvalue weighted by atomic mass is 10.1. The number of hydrogen-bond acceptors (Lipinski definition) is 3. The number of sulfonamides is 1. The Kier molecular flexibility index (Phi) is 6.73. The van der Waals surface area contributed by atoms with Crippen molar-refractivity contribution in [2.45, 2.75) is 38.0 Å². The molecular weight excluding hydrogens is 336 g/mol. The zero-order valence-corrected chi connectivity index (χ0v) is 15.4. The molecule has 25 heavy (non-hydrogen) atoms. The largest absolute Gasteiger partial charge is 0.322 e. The summed E-state index contributed by atoms with van der Waals surface area (Å²) in [5.41, 5.74) is 1.95. The summed E-state index contributed by atoms with van der Waals surface area (Å²) in [6, 6.07) is 13.5. The molecule has 0 saturated carbocycles. The summed E-state index contributed by atoms with van der Waals surface area (Å²) in [5.74, 6) is -0.336. The van der Waals surface area contributed by atoms with Gasteiger partial charge in [-0.2, -0.15) is 0 Å². The fourth-order valence-corrected chi connectivity index (χ4v) is 3.50. The molecule has 0 bridgehead atoms. The third-order valence-electron chi connectivity index (χ3n) is 3.87. The fourth-order valence-electron chi connectivity index (χ4n) is 2.38. The van der Waals surface area contributed by atoms with E-state index in [1.807, 2.05) is 31.2 Å². The molecule has 0 aromatic heterocycles. The molecule has 0 fully saturated rings. The number of para-hydroxylation sites is 1. The van der Waals surface area contributed by atoms with Gasteiger partial charge in [0.05, 0.1) is 4.90 Å². The van der Waals surface area contributed by atoms with Crippen LogP contribution in [0.25, 0.3) is 0 Å². The number of rotatable bonds is 8. The van der Waals surface area contributed by atoms with Crippen molar-refractivity contribution in [2.24, 2.45) is 0 Å². The van der Waals surface area contributed by atoms with Crippen molar-refractivity contribution < 1.29 is 13.2 Å². The number of anilines is 1. The van der Waals surface area contributed by atoms with Crippen molar-refractivity contribution in [3.63, 3.8) is 0 Å². The van der Waals surface area contributed by atoms with Crippen LogP contribution in [-0.2, 0) is 10.0 Å². The van der Waals surface area contributed by atoms with Crippen LogP contribution in [-0.4, -0.2) is 20.9 Å². The van der Waals surface area contributed by atoms with Crippen molar-refractivity contribution in [1.29, 1.82) is 0 Å². The molecule has 0 aliphatic heterocycles. The average Bonchev–Trinajstić information content (AvgIpc) is 2.61. The average molecular weight is 360 g/mol. The van der Waals surface area contributed by atoms with E-state index < -0.39 is 10.0 Å². The van der Waals surface area contributed by atoms with Crippen molar-refractivity contribution >= 4 is 21.6 Å². The number of hydrogen-bond donors (Lipinski definition) is 2. The van der Waals surface area contributed by atoms with Crippen LogP contribution in [0.2, 0.25) is 0 Å². The fraction of sp³-hybridized carbons (Fsp3) is 0.316. The molecule has 0 radical (unpaired) electrons. The lowest BCUT2D eigenvalue weighted by Gasteiger charge is -2.10. The maximum absolute atomic E-state index is 12.4. The number of unbranched alkanes of at least 4 members (excludes halogenated alkanes) is 2. The Labute approximate surface area is 149 Å². The van der Waals surface area contributed by atoms with Gasteiger partial charge < -0.3 is 5.32 Å². The Morgan fingerprint density at radius 3 is 2.52 bits per heavy atom. The highest BCUT2D eigenvalue weighted by molar-refractivity contribution is 7.89. The van der Waals surface area contributed by atoms with Crippen LogP contribution in [0.4, 0.5) is 5.69 Å². The third-order valence-corrected chi connectivity index (χ3v) is 5.33. The summed E-state index contributed by atoms with van der Waals surface area (Å²) in [5, 5.41) is 2.81. The molecule has 2 N–H and O–H groups in total. The van der Waals surface area contributed by atoms with Gasteiger partial charge in [0.15, 0.2) is 0 Å². The van der Waals surface area contributed by atoms with Crippen LogP contribution in [0, 0.1) is 6.92 Å². The first-order chi connectivity index (χ1) is 11.9. The van der Waals surface area contributed by atoms with Crippen molar-refractivity contribution in [1.82, 2.24) is 4.72 Å². The predicted octanol–water partition coefficient (Wildman–Crippen LogP) is 3.72. The van der Waals surface area contributed by atoms with Gasteiger partial charge in [-0.25, -0.2) is 13.1 Å². The molecule has 134 valence electrons. The first-order valence-electron chi connectivity index (χ1n) is 8.41. The molecule has 0 aliphatic rings. The minimum Gasteiger partial charge on any atom is -0.322 e. The molecule has 2 rings (SSSR count). The van der Waals surface area contributed by atoms with Gasteiger partial charge in [-0.15, -0.1) is 0 Å². The van der Waals surface area contributed by atoms with Gasteiger partial charge in [-0.3, -0.25) is 4.79 Å². The van der Waals surface area contributed by atoms with Crippen LogP contribution in [0.1, 0.15) is 42.1 Å². The molecule has 2 aromatic rings. The lowest BCUT2D eigenvalue weighted by Crippen LogP contribution is -2.25. The Bertz CT molecular complexity index is 832. The minimum absolute atomic E-state index is 0.0985. The van der Waals surface area contributed by atoms with Gasteiger partial charge in [0, 0.05) is 17.8 Å². The van der Waals surface area contributed by atoms with E-state index >= 15 is 0 Å². The van der Waals surface area contributed by atoms with Crippen LogP contribution >= 0.6 is 0 Å². The third kappa shape index (κ3) is 5.41. The number of carbonyl (C=O) groups excluding carboxylic acids is 1. The predicted molar refractivity (Wildman–Crippen MR) is 100 cm³/mol. The zero-order chi connectivity index (χ0) is 18.3. The molecule has 0 unspecified atom stereocenters. The second kappa shape index (κ2) is 8.78. The van der Waals surface area contributed by atoms with Gasteiger partial charge in [0.2, 0.25) is 10.0 Å². The van der Waals surface area contributed by atoms with E-state index in [4.69, 9.17) is 0 Å². The Hall–Kier alpha value is -2.18. The Balaban J connectivity index is 2.12. The molecular formula is C19H24N2O3S. The van der Waals surface area contributed by atoms with Gasteiger partial charge in [-0.1, -0.05) is 44.0 Å². The molecule has 1 amide bonds. The number of benzene rings is 2. The molecule has 6 heteroatoms. The summed E-state index contributed by atoms with van der Waals surface area (Å²) < 4.78 is 27.3. The van der Waals surface area contributed by atoms with E-state index in [1.54, 1.807) is 12.1 Å². The molecule has 0 heterocycles. The summed E-state index contributed by atoms with van der Waals surface area (Å²) in [4.78, 5) is 12.5. The van der Waals surface area contributed by atoms with E-state index in [2.05, 4.69) is 17.0 Å². The summed E-state index contributed by atoms with van der Waals surface area (Å²) >= 11 is 0. The first kappa shape index (κ1) is 19.1. The van der Waals surface area contributed by atoms with Gasteiger partial charge in [-0.05, 0) is 43.2 Å². The minimum atomic E-state index is -3.61. The quantitative estimate of drug-likeness (QED) is 0.705. The van der Waals surface area contributed by atoms with E-state index in [9.17, 15) is 13.2 Å². The van der Waals surface area contributed by atoms with E-state index in [0.717, 1.165) is 24.8 Å². The van der Waals surface area contributed by atoms with Gasteiger partial charge in [0.25, 0.3) is 5.91 Å². The van der Waals surface area contributed by atoms with Gasteiger partial charge >= 0.3 is 0 Å². The number of amides is 1. The van der Waals surface area contributed by atoms with Crippen LogP contribution in [0.5, 0.6) is 0 Å². The number of aryl methyl sites for hydroxylation is 1. The molecule has 0 atom stereocenters. The lowest BCUT2D eigenvalue weighted by molar-refractivity contribution is 0.102. The van der Waals surface area contributed by atoms with Crippen molar-refractivity contribution in [2.75, 3.05) is 11.9 Å². The normalized spacial score (nSPS) is 11.3. The molecule has 2 aromatic carbocycles. The standard InChI is InChI=1S/C19H24N2O3S/c1-3-4-7-13-20-25(23,24)17-11-8-10-16(14-17)19(22)21-18-12-6-5-9-15(18)2/h5-6,8-12,14,20H,3-4,7,13H2,1-2H3,(H,21,22). The van der Waals surface area contributed by atoms with E-state index in [-0.39, 0.29) is 10.8 Å². The maximum Gasteiger partial charge on any atom is 0.255 e. The van der Waals surface area contributed by atoms with Crippen LogP contribution in [0.15, 0.2) is 53.4 Å². The van der Waals surface area contributed by atoms with Gasteiger partial charge in [0.1, 0.15) is 0 Å². The molecule has 0 spiro atoms. The van der Waals surface area contributed by atoms with Crippen LogP contribution < -0.4 is 10.0 Å². The van der Waals surface area contributed by atoms with Crippen molar-refractivity contribution in [3.05, 3.63) is 59.7 Å². The van der Waals surface area contributed by atoms with Crippen molar-refractivity contribution in [3.8, 4) is 0 Å². The zero-order valence-electron chi connectivity index (χ0n) is 14.6. The molecule has 5 nitrogen and oxygen atoms in total. The smallest absolute Gasteiger partial charge is 0.255 e. The SMILES string of the molecule is CCCCCNS(=O)(=O)c1cccc(C(=O)Nc2ccccc2C)c1. The Morgan fingerprint density at radius 1 is 1.04 bits per heavy atom. The topological polar surface area (TPSA) is 75.3 Å². The summed E-state index contributed by atoms with van der Waals surface area (Å²) in [6.45, 7) is 4.36.